The van der Waals surface area contributed by atoms with E-state index < -0.39 is 0 Å². The smallest absolute Gasteiger partial charge is 0.164 e. The molecule has 0 bridgehead atoms. The van der Waals surface area contributed by atoms with E-state index in [1.807, 2.05) is 17.8 Å². The normalized spacial score (nSPS) is 11.9. The molecule has 0 aromatic carbocycles. The van der Waals surface area contributed by atoms with Crippen LogP contribution in [0.5, 0.6) is 0 Å². The summed E-state index contributed by atoms with van der Waals surface area (Å²) >= 11 is 9.65. The Hall–Kier alpha value is -0.940. The molecule has 4 nitrogen and oxygen atoms in total. The average molecular weight is 344 g/mol. The van der Waals surface area contributed by atoms with Crippen LogP contribution >= 0.6 is 27.5 Å². The highest BCUT2D eigenvalue weighted by Gasteiger charge is 2.23. The second-order valence-corrected chi connectivity index (χ2v) is 6.49. The van der Waals surface area contributed by atoms with Gasteiger partial charge in [0.15, 0.2) is 5.82 Å². The maximum atomic E-state index is 6.19. The van der Waals surface area contributed by atoms with Gasteiger partial charge in [0.25, 0.3) is 0 Å². The summed E-state index contributed by atoms with van der Waals surface area (Å²) in [4.78, 5) is 8.95. The Morgan fingerprint density at radius 1 is 1.32 bits per heavy atom. The van der Waals surface area contributed by atoms with Crippen LogP contribution in [0, 0.1) is 0 Å². The molecule has 0 spiro atoms. The molecule has 0 saturated heterocycles. The number of aromatic nitrogens is 4. The van der Waals surface area contributed by atoms with Crippen molar-refractivity contribution in [1.29, 1.82) is 0 Å². The quantitative estimate of drug-likeness (QED) is 0.772. The largest absolute Gasteiger partial charge is 0.272 e. The lowest BCUT2D eigenvalue weighted by Gasteiger charge is -2.20. The van der Waals surface area contributed by atoms with E-state index >= 15 is 0 Å². The molecule has 0 aliphatic rings. The summed E-state index contributed by atoms with van der Waals surface area (Å²) in [7, 11) is 0. The summed E-state index contributed by atoms with van der Waals surface area (Å²) < 4.78 is 2.60. The third-order valence-corrected chi connectivity index (χ3v) is 3.99. The van der Waals surface area contributed by atoms with Gasteiger partial charge in [-0.3, -0.25) is 4.68 Å². The van der Waals surface area contributed by atoms with Crippen LogP contribution in [0.4, 0.5) is 0 Å². The molecule has 0 amide bonds. The van der Waals surface area contributed by atoms with Gasteiger partial charge in [0.1, 0.15) is 5.15 Å². The predicted molar refractivity (Wildman–Crippen MR) is 80.3 cm³/mol. The highest BCUT2D eigenvalue weighted by Crippen LogP contribution is 2.33. The molecule has 0 aliphatic carbocycles. The molecule has 0 unspecified atom stereocenters. The van der Waals surface area contributed by atoms with E-state index in [-0.39, 0.29) is 5.41 Å². The molecule has 2 rings (SSSR count). The molecule has 0 fully saturated rings. The lowest BCUT2D eigenvalue weighted by Crippen LogP contribution is -2.16. The number of halogens is 2. The predicted octanol–water partition coefficient (Wildman–Crippen LogP) is 4.07. The summed E-state index contributed by atoms with van der Waals surface area (Å²) in [6.07, 6.45) is 3.68. The SMILES string of the molecule is CCn1cc(-c2nc(Cl)c(Br)c(C(C)(C)C)n2)cn1. The van der Waals surface area contributed by atoms with Crippen molar-refractivity contribution in [3.8, 4) is 11.4 Å². The van der Waals surface area contributed by atoms with Crippen LogP contribution in [0.2, 0.25) is 5.15 Å². The Morgan fingerprint density at radius 3 is 2.53 bits per heavy atom. The van der Waals surface area contributed by atoms with Gasteiger partial charge in [-0.1, -0.05) is 32.4 Å². The van der Waals surface area contributed by atoms with Gasteiger partial charge in [0, 0.05) is 18.2 Å². The molecule has 0 atom stereocenters. The van der Waals surface area contributed by atoms with Crippen molar-refractivity contribution >= 4 is 27.5 Å². The van der Waals surface area contributed by atoms with Crippen LogP contribution in [0.15, 0.2) is 16.9 Å². The van der Waals surface area contributed by atoms with Gasteiger partial charge in [-0.15, -0.1) is 0 Å². The van der Waals surface area contributed by atoms with E-state index in [0.717, 1.165) is 22.3 Å². The molecule has 102 valence electrons. The zero-order valence-corrected chi connectivity index (χ0v) is 13.7. The van der Waals surface area contributed by atoms with E-state index in [1.54, 1.807) is 6.20 Å². The molecular formula is C13H16BrClN4. The molecule has 6 heteroatoms. The van der Waals surface area contributed by atoms with Gasteiger partial charge in [-0.25, -0.2) is 9.97 Å². The van der Waals surface area contributed by atoms with Gasteiger partial charge < -0.3 is 0 Å². The Morgan fingerprint density at radius 2 is 2.00 bits per heavy atom. The van der Waals surface area contributed by atoms with Gasteiger partial charge in [0.05, 0.1) is 21.9 Å². The van der Waals surface area contributed by atoms with Gasteiger partial charge in [-0.2, -0.15) is 5.10 Å². The molecular weight excluding hydrogens is 328 g/mol. The minimum absolute atomic E-state index is 0.110. The fourth-order valence-electron chi connectivity index (χ4n) is 1.70. The van der Waals surface area contributed by atoms with E-state index in [0.29, 0.717) is 11.0 Å². The number of rotatable bonds is 2. The Bertz CT molecular complexity index is 601. The maximum Gasteiger partial charge on any atom is 0.164 e. The fourth-order valence-corrected chi connectivity index (χ4v) is 2.64. The minimum atomic E-state index is -0.110. The third-order valence-electron chi connectivity index (χ3n) is 2.74. The molecule has 2 aromatic rings. The van der Waals surface area contributed by atoms with Gasteiger partial charge in [0.2, 0.25) is 0 Å². The van der Waals surface area contributed by atoms with Crippen molar-refractivity contribution in [2.45, 2.75) is 39.7 Å². The number of aryl methyl sites for hydroxylation is 1. The zero-order valence-electron chi connectivity index (χ0n) is 11.4. The Balaban J connectivity index is 2.56. The number of hydrogen-bond donors (Lipinski definition) is 0. The molecule has 0 aliphatic heterocycles. The Kier molecular flexibility index (Phi) is 3.97. The minimum Gasteiger partial charge on any atom is -0.272 e. The highest BCUT2D eigenvalue weighted by atomic mass is 79.9. The first-order valence-corrected chi connectivity index (χ1v) is 7.26. The third kappa shape index (κ3) is 2.98. The lowest BCUT2D eigenvalue weighted by atomic mass is 9.92. The summed E-state index contributed by atoms with van der Waals surface area (Å²) in [5.41, 5.74) is 1.66. The standard InChI is InChI=1S/C13H16BrClN4/c1-5-19-7-8(6-16-19)12-17-10(13(2,3)4)9(14)11(15)18-12/h6-7H,5H2,1-4H3. The van der Waals surface area contributed by atoms with E-state index in [1.165, 1.54) is 0 Å². The first-order valence-electron chi connectivity index (χ1n) is 6.09. The van der Waals surface area contributed by atoms with Gasteiger partial charge in [-0.05, 0) is 22.9 Å². The summed E-state index contributed by atoms with van der Waals surface area (Å²) in [6.45, 7) is 9.13. The summed E-state index contributed by atoms with van der Waals surface area (Å²) in [5.74, 6) is 0.609. The van der Waals surface area contributed by atoms with E-state index in [4.69, 9.17) is 11.6 Å². The van der Waals surface area contributed by atoms with Crippen molar-refractivity contribution in [2.24, 2.45) is 0 Å². The second-order valence-electron chi connectivity index (χ2n) is 5.34. The molecule has 0 N–H and O–H groups in total. The van der Waals surface area contributed by atoms with Crippen LogP contribution in [-0.4, -0.2) is 19.7 Å². The summed E-state index contributed by atoms with van der Waals surface area (Å²) in [6, 6.07) is 0. The average Bonchev–Trinajstić information content (AvgIpc) is 2.79. The van der Waals surface area contributed by atoms with E-state index in [9.17, 15) is 0 Å². The topological polar surface area (TPSA) is 43.6 Å². The highest BCUT2D eigenvalue weighted by molar-refractivity contribution is 9.10. The maximum absolute atomic E-state index is 6.19. The van der Waals surface area contributed by atoms with Crippen molar-refractivity contribution in [1.82, 2.24) is 19.7 Å². The molecule has 2 aromatic heterocycles. The first kappa shape index (κ1) is 14.5. The van der Waals surface area contributed by atoms with Crippen molar-refractivity contribution in [2.75, 3.05) is 0 Å². The summed E-state index contributed by atoms with van der Waals surface area (Å²) in [5, 5.41) is 4.67. The van der Waals surface area contributed by atoms with Crippen LogP contribution in [0.1, 0.15) is 33.4 Å². The Labute approximate surface area is 126 Å². The zero-order chi connectivity index (χ0) is 14.2. The lowest BCUT2D eigenvalue weighted by molar-refractivity contribution is 0.564. The number of nitrogens with zero attached hydrogens (tertiary/aromatic N) is 4. The number of hydrogen-bond acceptors (Lipinski definition) is 3. The van der Waals surface area contributed by atoms with Crippen LogP contribution in [-0.2, 0) is 12.0 Å². The molecule has 0 saturated carbocycles. The molecule has 2 heterocycles. The molecule has 0 radical (unpaired) electrons. The van der Waals surface area contributed by atoms with Crippen LogP contribution in [0.3, 0.4) is 0 Å². The van der Waals surface area contributed by atoms with Crippen molar-refractivity contribution in [3.63, 3.8) is 0 Å². The first-order chi connectivity index (χ1) is 8.82. The van der Waals surface area contributed by atoms with Crippen LogP contribution in [0.25, 0.3) is 11.4 Å². The second kappa shape index (κ2) is 5.21. The van der Waals surface area contributed by atoms with Gasteiger partial charge >= 0.3 is 0 Å². The monoisotopic (exact) mass is 342 g/mol. The van der Waals surface area contributed by atoms with E-state index in [2.05, 4.69) is 51.8 Å². The van der Waals surface area contributed by atoms with Crippen molar-refractivity contribution in [3.05, 3.63) is 27.7 Å². The fraction of sp³-hybridized carbons (Fsp3) is 0.462. The molecule has 19 heavy (non-hydrogen) atoms. The van der Waals surface area contributed by atoms with Crippen molar-refractivity contribution < 1.29 is 0 Å². The van der Waals surface area contributed by atoms with Crippen LogP contribution < -0.4 is 0 Å².